The highest BCUT2D eigenvalue weighted by molar-refractivity contribution is 7.03. The number of nitrogens with zero attached hydrogens (tertiary/aromatic N) is 5. The van der Waals surface area contributed by atoms with Gasteiger partial charge in [-0.2, -0.15) is 0 Å². The zero-order valence-corrected chi connectivity index (χ0v) is 52.9. The molecule has 0 saturated heterocycles. The van der Waals surface area contributed by atoms with Crippen LogP contribution >= 0.6 is 0 Å². The van der Waals surface area contributed by atoms with E-state index in [4.69, 9.17) is 0 Å². The fourth-order valence-corrected chi connectivity index (χ4v) is 16.9. The summed E-state index contributed by atoms with van der Waals surface area (Å²) < 4.78 is 2.61. The lowest BCUT2D eigenvalue weighted by molar-refractivity contribution is 0.590. The number of para-hydroxylation sites is 6. The summed E-state index contributed by atoms with van der Waals surface area (Å²) in [5.41, 5.74) is 28.5. The second kappa shape index (κ2) is 20.4. The lowest BCUT2D eigenvalue weighted by Gasteiger charge is -2.47. The lowest BCUT2D eigenvalue weighted by Crippen LogP contribution is -2.65. The van der Waals surface area contributed by atoms with E-state index in [2.05, 4.69) is 360 Å². The molecule has 15 aromatic carbocycles. The summed E-state index contributed by atoms with van der Waals surface area (Å²) >= 11 is 0. The highest BCUT2D eigenvalue weighted by atomic mass is 15.2. The van der Waals surface area contributed by atoms with E-state index in [0.717, 1.165) is 51.0 Å². The van der Waals surface area contributed by atoms with E-state index in [1.165, 1.54) is 127 Å². The predicted molar refractivity (Wildman–Crippen MR) is 405 cm³/mol. The molecule has 4 aliphatic heterocycles. The monoisotopic (exact) mass is 1210 g/mol. The van der Waals surface area contributed by atoms with Crippen molar-refractivity contribution in [1.29, 1.82) is 0 Å². The highest BCUT2D eigenvalue weighted by Gasteiger charge is 2.49. The summed E-state index contributed by atoms with van der Waals surface area (Å²) in [7, 11) is 0. The average Bonchev–Trinajstić information content (AvgIpc) is 1.37. The molecule has 7 heteroatoms. The van der Waals surface area contributed by atoms with Crippen LogP contribution in [0.3, 0.4) is 0 Å². The molecule has 5 heterocycles. The average molecular weight is 1210 g/mol. The van der Waals surface area contributed by atoms with Crippen LogP contribution in [0, 0.1) is 0 Å². The van der Waals surface area contributed by atoms with Gasteiger partial charge in [-0.05, 0) is 191 Å². The molecule has 0 aliphatic carbocycles. The Morgan fingerprint density at radius 3 is 1.20 bits per heavy atom. The van der Waals surface area contributed by atoms with Crippen LogP contribution in [0.4, 0.5) is 68.2 Å². The largest absolute Gasteiger partial charge is 0.311 e. The minimum absolute atomic E-state index is 0.0959. The van der Waals surface area contributed by atoms with Crippen molar-refractivity contribution in [3.8, 4) is 16.8 Å². The van der Waals surface area contributed by atoms with Gasteiger partial charge in [0.15, 0.2) is 0 Å². The molecule has 0 spiro atoms. The third-order valence-corrected chi connectivity index (χ3v) is 21.0. The van der Waals surface area contributed by atoms with Crippen LogP contribution in [0.15, 0.2) is 315 Å². The van der Waals surface area contributed by atoms with Crippen molar-refractivity contribution in [2.24, 2.45) is 0 Å². The van der Waals surface area contributed by atoms with Gasteiger partial charge in [-0.1, -0.05) is 227 Å². The van der Waals surface area contributed by atoms with Gasteiger partial charge in [-0.25, -0.2) is 0 Å². The van der Waals surface area contributed by atoms with Crippen molar-refractivity contribution in [2.45, 2.75) is 26.2 Å². The van der Waals surface area contributed by atoms with E-state index in [0.29, 0.717) is 0 Å². The fourth-order valence-electron chi connectivity index (χ4n) is 16.9. The molecule has 5 nitrogen and oxygen atoms in total. The molecule has 0 unspecified atom stereocenters. The number of hydrogen-bond acceptors (Lipinski definition) is 4. The zero-order valence-electron chi connectivity index (χ0n) is 52.9. The Hall–Kier alpha value is -11.8. The summed E-state index contributed by atoms with van der Waals surface area (Å²) in [6.07, 6.45) is 0. The maximum atomic E-state index is 2.65. The Bertz CT molecular complexity index is 5880. The molecule has 20 rings (SSSR count). The van der Waals surface area contributed by atoms with Gasteiger partial charge in [0.05, 0.1) is 16.7 Å². The van der Waals surface area contributed by atoms with E-state index in [1.54, 1.807) is 0 Å². The van der Waals surface area contributed by atoms with Crippen molar-refractivity contribution in [3.63, 3.8) is 0 Å². The Kier molecular flexibility index (Phi) is 11.5. The number of fused-ring (bicyclic) bond motifs is 17. The molecule has 444 valence electrons. The third-order valence-electron chi connectivity index (χ3n) is 21.0. The quantitative estimate of drug-likeness (QED) is 0.122. The van der Waals surface area contributed by atoms with Gasteiger partial charge in [0.25, 0.3) is 13.4 Å². The molecule has 0 amide bonds. The van der Waals surface area contributed by atoms with Gasteiger partial charge in [-0.3, -0.25) is 0 Å². The summed E-state index contributed by atoms with van der Waals surface area (Å²) in [5.74, 6) is 0. The number of hydrogen-bond donors (Lipinski definition) is 0. The first-order valence-electron chi connectivity index (χ1n) is 33.3. The topological polar surface area (TPSA) is 17.9 Å². The molecule has 0 N–H and O–H groups in total. The number of aromatic nitrogens is 1. The van der Waals surface area contributed by atoms with Gasteiger partial charge >= 0.3 is 0 Å². The van der Waals surface area contributed by atoms with Crippen molar-refractivity contribution in [2.75, 3.05) is 19.6 Å². The van der Waals surface area contributed by atoms with Gasteiger partial charge in [-0.15, -0.1) is 0 Å². The van der Waals surface area contributed by atoms with Crippen LogP contribution in [-0.2, 0) is 5.41 Å². The molecule has 0 saturated carbocycles. The van der Waals surface area contributed by atoms with Crippen LogP contribution in [0.25, 0.3) is 70.9 Å². The summed E-state index contributed by atoms with van der Waals surface area (Å²) in [4.78, 5) is 10.3. The maximum Gasteiger partial charge on any atom is 0.252 e. The van der Waals surface area contributed by atoms with Crippen molar-refractivity contribution >= 4 is 169 Å². The van der Waals surface area contributed by atoms with Crippen LogP contribution < -0.4 is 52.4 Å². The predicted octanol–water partition coefficient (Wildman–Crippen LogP) is 19.4. The van der Waals surface area contributed by atoms with Gasteiger partial charge in [0, 0.05) is 84.4 Å². The van der Waals surface area contributed by atoms with Crippen molar-refractivity contribution in [1.82, 2.24) is 4.57 Å². The summed E-state index contributed by atoms with van der Waals surface area (Å²) in [6, 6.07) is 119. The fraction of sp³-hybridized carbons (Fsp3) is 0.0455. The molecule has 16 aromatic rings. The standard InChI is InChI=1S/C88H61B2N5/c1-88(2,3)60-50-80-85-81(51-60)93(63-32-12-6-13-33-63)78-55-79-74(54-73(78)89(85)71-40-22-24-42-76(71)91(80)61-28-8-4-9-29-61)90-72-41-23-25-43-77(72)92(62-30-10-5-11-31-62)82-52-65(53-83(86(82)90)94(79)64-34-14-7-15-35-64)95-75-47-46-59(58-45-44-56-26-16-17-27-57(56)48-58)49-70(75)84-68-38-20-18-36-66(68)67-37-19-21-39-69(67)87(84)95/h4-55H,1-3H3. The van der Waals surface area contributed by atoms with Gasteiger partial charge in [0.1, 0.15) is 0 Å². The molecule has 4 aliphatic rings. The number of benzene rings is 15. The van der Waals surface area contributed by atoms with E-state index in [9.17, 15) is 0 Å². The van der Waals surface area contributed by atoms with E-state index >= 15 is 0 Å². The SMILES string of the molecule is CC(C)(C)c1cc2c3c(c1)N(c1ccccc1)c1cc4c(cc1B3c1ccccc1N2c1ccccc1)B1c2ccccc2N(c2ccccc2)c2cc(-n3c5ccc(-c6ccc7ccccc7c6)cc5c5c6ccccc6c6ccccc6c53)cc(c21)N4c1ccccc1. The second-order valence-electron chi connectivity index (χ2n) is 27.2. The Morgan fingerprint density at radius 2 is 0.674 bits per heavy atom. The molecule has 0 bridgehead atoms. The van der Waals surface area contributed by atoms with E-state index in [1.807, 2.05) is 0 Å². The first kappa shape index (κ1) is 53.8. The third kappa shape index (κ3) is 7.87. The molecular formula is C88H61B2N5. The first-order valence-corrected chi connectivity index (χ1v) is 33.3. The van der Waals surface area contributed by atoms with Crippen LogP contribution in [0.5, 0.6) is 0 Å². The minimum Gasteiger partial charge on any atom is -0.311 e. The lowest BCUT2D eigenvalue weighted by atomic mass is 9.30. The second-order valence-corrected chi connectivity index (χ2v) is 27.2. The van der Waals surface area contributed by atoms with Crippen LogP contribution in [0.1, 0.15) is 26.3 Å². The number of rotatable bonds is 6. The first-order chi connectivity index (χ1) is 46.8. The van der Waals surface area contributed by atoms with E-state index in [-0.39, 0.29) is 18.8 Å². The Labute approximate surface area is 553 Å². The van der Waals surface area contributed by atoms with Gasteiger partial charge < -0.3 is 24.2 Å². The molecule has 0 atom stereocenters. The van der Waals surface area contributed by atoms with Gasteiger partial charge in [0.2, 0.25) is 0 Å². The molecular weight excluding hydrogens is 1150 g/mol. The Balaban J connectivity index is 0.915. The van der Waals surface area contributed by atoms with Crippen LogP contribution in [0.2, 0.25) is 0 Å². The molecule has 95 heavy (non-hydrogen) atoms. The zero-order chi connectivity index (χ0) is 62.8. The van der Waals surface area contributed by atoms with Crippen LogP contribution in [-0.4, -0.2) is 18.0 Å². The normalized spacial score (nSPS) is 13.5. The van der Waals surface area contributed by atoms with E-state index < -0.39 is 0 Å². The molecule has 1 aromatic heterocycles. The molecule has 0 fully saturated rings. The van der Waals surface area contributed by atoms with Crippen molar-refractivity contribution in [3.05, 3.63) is 321 Å². The minimum atomic E-state index is -0.167. The maximum absolute atomic E-state index is 2.65. The number of anilines is 12. The highest BCUT2D eigenvalue weighted by Crippen LogP contribution is 2.52. The smallest absolute Gasteiger partial charge is 0.252 e. The Morgan fingerprint density at radius 1 is 0.263 bits per heavy atom. The summed E-state index contributed by atoms with van der Waals surface area (Å²) in [5, 5.41) is 9.87. The molecule has 0 radical (unpaired) electrons. The van der Waals surface area contributed by atoms with Crippen molar-refractivity contribution < 1.29 is 0 Å². The summed E-state index contributed by atoms with van der Waals surface area (Å²) in [6.45, 7) is 6.81.